The number of carbonyl (C=O) groups excluding carboxylic acids is 1. The van der Waals surface area contributed by atoms with Crippen molar-refractivity contribution in [2.75, 3.05) is 6.54 Å². The molecule has 3 aromatic heterocycles. The first kappa shape index (κ1) is 15.0. The Bertz CT molecular complexity index is 926. The molecule has 0 aliphatic rings. The molecular formula is C16H17N5O2. The Hall–Kier alpha value is -2.96. The van der Waals surface area contributed by atoms with Crippen LogP contribution in [0.3, 0.4) is 0 Å². The molecule has 0 unspecified atom stereocenters. The van der Waals surface area contributed by atoms with Gasteiger partial charge in [0.05, 0.1) is 5.52 Å². The van der Waals surface area contributed by atoms with Gasteiger partial charge in [-0.25, -0.2) is 9.31 Å². The van der Waals surface area contributed by atoms with Crippen molar-refractivity contribution >= 4 is 11.4 Å². The Balaban J connectivity index is 1.66. The third-order valence-electron chi connectivity index (χ3n) is 3.63. The number of rotatable bonds is 4. The summed E-state index contributed by atoms with van der Waals surface area (Å²) < 4.78 is 3.24. The van der Waals surface area contributed by atoms with E-state index in [0.717, 1.165) is 11.2 Å². The van der Waals surface area contributed by atoms with Gasteiger partial charge in [-0.1, -0.05) is 0 Å². The lowest BCUT2D eigenvalue weighted by Gasteiger charge is -2.10. The van der Waals surface area contributed by atoms with Crippen LogP contribution in [0.15, 0.2) is 41.5 Å². The fourth-order valence-electron chi connectivity index (χ4n) is 2.49. The van der Waals surface area contributed by atoms with Crippen LogP contribution in [0.25, 0.3) is 5.52 Å². The highest BCUT2D eigenvalue weighted by Gasteiger charge is 2.07. The topological polar surface area (TPSA) is 81.3 Å². The number of amides is 1. The minimum Gasteiger partial charge on any atom is -0.350 e. The van der Waals surface area contributed by atoms with Crippen LogP contribution < -0.4 is 11.0 Å². The molecule has 0 aliphatic carbocycles. The molecule has 118 valence electrons. The second-order valence-electron chi connectivity index (χ2n) is 5.35. The first-order valence-electron chi connectivity index (χ1n) is 7.31. The maximum Gasteiger partial charge on any atom is 0.348 e. The van der Waals surface area contributed by atoms with Gasteiger partial charge in [-0.3, -0.25) is 9.36 Å². The Morgan fingerprint density at radius 3 is 2.87 bits per heavy atom. The van der Waals surface area contributed by atoms with Gasteiger partial charge in [0.2, 0.25) is 0 Å². The zero-order valence-electron chi connectivity index (χ0n) is 13.0. The number of fused-ring (bicyclic) bond motifs is 1. The summed E-state index contributed by atoms with van der Waals surface area (Å²) in [5.41, 5.74) is 2.65. The lowest BCUT2D eigenvalue weighted by atomic mass is 10.2. The van der Waals surface area contributed by atoms with E-state index in [-0.39, 0.29) is 11.6 Å². The molecule has 23 heavy (non-hydrogen) atoms. The summed E-state index contributed by atoms with van der Waals surface area (Å²) in [4.78, 5) is 27.9. The van der Waals surface area contributed by atoms with Gasteiger partial charge in [0, 0.05) is 42.4 Å². The maximum absolute atomic E-state index is 12.2. The van der Waals surface area contributed by atoms with Gasteiger partial charge >= 0.3 is 5.69 Å². The highest BCUT2D eigenvalue weighted by molar-refractivity contribution is 5.95. The van der Waals surface area contributed by atoms with E-state index >= 15 is 0 Å². The van der Waals surface area contributed by atoms with E-state index in [4.69, 9.17) is 0 Å². The van der Waals surface area contributed by atoms with Crippen LogP contribution in [-0.4, -0.2) is 31.6 Å². The van der Waals surface area contributed by atoms with Gasteiger partial charge in [0.15, 0.2) is 0 Å². The van der Waals surface area contributed by atoms with Crippen molar-refractivity contribution in [2.24, 2.45) is 0 Å². The van der Waals surface area contributed by atoms with Crippen molar-refractivity contribution in [2.45, 2.75) is 20.4 Å². The van der Waals surface area contributed by atoms with Crippen LogP contribution in [0.2, 0.25) is 0 Å². The smallest absolute Gasteiger partial charge is 0.348 e. The van der Waals surface area contributed by atoms with Crippen molar-refractivity contribution < 1.29 is 4.79 Å². The highest BCUT2D eigenvalue weighted by Crippen LogP contribution is 2.06. The van der Waals surface area contributed by atoms with E-state index in [2.05, 4.69) is 15.4 Å². The van der Waals surface area contributed by atoms with Crippen LogP contribution >= 0.6 is 0 Å². The van der Waals surface area contributed by atoms with Crippen LogP contribution in [0, 0.1) is 13.8 Å². The Labute approximate surface area is 132 Å². The number of hydrogen-bond acceptors (Lipinski definition) is 4. The Morgan fingerprint density at radius 2 is 2.09 bits per heavy atom. The molecule has 0 radical (unpaired) electrons. The molecular weight excluding hydrogens is 294 g/mol. The van der Waals surface area contributed by atoms with Crippen molar-refractivity contribution in [1.82, 2.24) is 24.5 Å². The SMILES string of the molecule is Cc1cc(C)n(CCNC(=O)c2ccn3nccc3c2)c(=O)n1. The van der Waals surface area contributed by atoms with Crippen molar-refractivity contribution in [1.29, 1.82) is 0 Å². The standard InChI is InChI=1S/C16H17N5O2/c1-11-9-12(2)20(16(23)19-11)8-6-17-15(22)13-4-7-21-14(10-13)3-5-18-21/h3-5,7,9-10H,6,8H2,1-2H3,(H,17,22). The Kier molecular flexibility index (Phi) is 3.92. The molecule has 3 rings (SSSR count). The maximum atomic E-state index is 12.2. The predicted molar refractivity (Wildman–Crippen MR) is 85.5 cm³/mol. The summed E-state index contributed by atoms with van der Waals surface area (Å²) in [7, 11) is 0. The number of carbonyl (C=O) groups is 1. The first-order valence-corrected chi connectivity index (χ1v) is 7.31. The van der Waals surface area contributed by atoms with Gasteiger partial charge in [-0.2, -0.15) is 10.1 Å². The molecule has 1 N–H and O–H groups in total. The third kappa shape index (κ3) is 3.13. The molecule has 0 aromatic carbocycles. The molecule has 0 bridgehead atoms. The third-order valence-corrected chi connectivity index (χ3v) is 3.63. The summed E-state index contributed by atoms with van der Waals surface area (Å²) >= 11 is 0. The fraction of sp³-hybridized carbons (Fsp3) is 0.250. The molecule has 7 nitrogen and oxygen atoms in total. The number of hydrogen-bond donors (Lipinski definition) is 1. The summed E-state index contributed by atoms with van der Waals surface area (Å²) in [6, 6.07) is 7.15. The molecule has 0 spiro atoms. The van der Waals surface area contributed by atoms with E-state index in [1.807, 2.05) is 19.1 Å². The second-order valence-corrected chi connectivity index (χ2v) is 5.35. The number of pyridine rings is 1. The zero-order chi connectivity index (χ0) is 16.4. The normalized spacial score (nSPS) is 10.9. The molecule has 0 aliphatic heterocycles. The van der Waals surface area contributed by atoms with Gasteiger partial charge < -0.3 is 5.32 Å². The van der Waals surface area contributed by atoms with E-state index < -0.39 is 0 Å². The lowest BCUT2D eigenvalue weighted by Crippen LogP contribution is -2.33. The van der Waals surface area contributed by atoms with E-state index in [1.165, 1.54) is 0 Å². The van der Waals surface area contributed by atoms with Crippen molar-refractivity contribution in [3.63, 3.8) is 0 Å². The van der Waals surface area contributed by atoms with Gasteiger partial charge in [0.1, 0.15) is 0 Å². The molecule has 3 aromatic rings. The summed E-state index contributed by atoms with van der Waals surface area (Å²) in [6.45, 7) is 4.38. The van der Waals surface area contributed by atoms with Gasteiger partial charge in [-0.05, 0) is 38.1 Å². The van der Waals surface area contributed by atoms with Crippen LogP contribution in [-0.2, 0) is 6.54 Å². The van der Waals surface area contributed by atoms with E-state index in [1.54, 1.807) is 40.5 Å². The molecule has 3 heterocycles. The summed E-state index contributed by atoms with van der Waals surface area (Å²) in [5, 5.41) is 6.90. The monoisotopic (exact) mass is 311 g/mol. The van der Waals surface area contributed by atoms with E-state index in [0.29, 0.717) is 24.3 Å². The average Bonchev–Trinajstić information content (AvgIpc) is 2.97. The fourth-order valence-corrected chi connectivity index (χ4v) is 2.49. The molecule has 0 fully saturated rings. The van der Waals surface area contributed by atoms with Crippen LogP contribution in [0.5, 0.6) is 0 Å². The minimum absolute atomic E-state index is 0.181. The largest absolute Gasteiger partial charge is 0.350 e. The minimum atomic E-state index is -0.294. The lowest BCUT2D eigenvalue weighted by molar-refractivity contribution is 0.0952. The number of nitrogens with one attached hydrogen (secondary N) is 1. The first-order chi connectivity index (χ1) is 11.0. The molecule has 0 saturated heterocycles. The molecule has 7 heteroatoms. The van der Waals surface area contributed by atoms with Crippen LogP contribution in [0.4, 0.5) is 0 Å². The number of nitrogens with zero attached hydrogens (tertiary/aromatic N) is 4. The summed E-state index contributed by atoms with van der Waals surface area (Å²) in [6.07, 6.45) is 3.42. The van der Waals surface area contributed by atoms with Gasteiger partial charge in [-0.15, -0.1) is 0 Å². The number of aromatic nitrogens is 4. The predicted octanol–water partition coefficient (Wildman–Crippen LogP) is 0.938. The van der Waals surface area contributed by atoms with Crippen molar-refractivity contribution in [3.8, 4) is 0 Å². The molecule has 1 amide bonds. The zero-order valence-corrected chi connectivity index (χ0v) is 13.0. The van der Waals surface area contributed by atoms with Gasteiger partial charge in [0.25, 0.3) is 5.91 Å². The highest BCUT2D eigenvalue weighted by atomic mass is 16.2. The second kappa shape index (κ2) is 6.04. The van der Waals surface area contributed by atoms with Crippen LogP contribution in [0.1, 0.15) is 21.7 Å². The summed E-state index contributed by atoms with van der Waals surface area (Å²) in [5.74, 6) is -0.181. The Morgan fingerprint density at radius 1 is 1.26 bits per heavy atom. The molecule has 0 atom stereocenters. The number of aryl methyl sites for hydroxylation is 2. The average molecular weight is 311 g/mol. The van der Waals surface area contributed by atoms with Crippen molar-refractivity contribution in [3.05, 3.63) is 64.1 Å². The van der Waals surface area contributed by atoms with E-state index in [9.17, 15) is 9.59 Å². The molecule has 0 saturated carbocycles. The quantitative estimate of drug-likeness (QED) is 0.777.